The second-order valence-electron chi connectivity index (χ2n) is 4.71. The van der Waals surface area contributed by atoms with E-state index < -0.39 is 0 Å². The number of amides is 1. The molecule has 21 heavy (non-hydrogen) atoms. The quantitative estimate of drug-likeness (QED) is 0.594. The first kappa shape index (κ1) is 13.5. The summed E-state index contributed by atoms with van der Waals surface area (Å²) in [6, 6.07) is 7.91. The third kappa shape index (κ3) is 3.35. The van der Waals surface area contributed by atoms with E-state index in [2.05, 4.69) is 15.5 Å². The van der Waals surface area contributed by atoms with Crippen LogP contribution in [0.3, 0.4) is 0 Å². The first-order valence-electron chi connectivity index (χ1n) is 6.50. The van der Waals surface area contributed by atoms with Gasteiger partial charge in [0.2, 0.25) is 5.91 Å². The van der Waals surface area contributed by atoms with Gasteiger partial charge in [-0.2, -0.15) is 5.10 Å². The normalized spacial score (nSPS) is 11.3. The average Bonchev–Trinajstić information content (AvgIpc) is 3.02. The molecular formula is C15H14N4OS. The van der Waals surface area contributed by atoms with Gasteiger partial charge in [-0.05, 0) is 12.5 Å². The molecule has 1 amide bonds. The van der Waals surface area contributed by atoms with Gasteiger partial charge in [0.05, 0.1) is 18.3 Å². The average molecular weight is 298 g/mol. The lowest BCUT2D eigenvalue weighted by molar-refractivity contribution is -0.120. The molecule has 1 aromatic carbocycles. The Hall–Kier alpha value is -2.47. The maximum atomic E-state index is 11.8. The van der Waals surface area contributed by atoms with Crippen LogP contribution in [0.4, 0.5) is 0 Å². The van der Waals surface area contributed by atoms with Gasteiger partial charge in [-0.3, -0.25) is 9.20 Å². The van der Waals surface area contributed by atoms with Gasteiger partial charge in [-0.1, -0.05) is 29.8 Å². The number of nitrogens with zero attached hydrogens (tertiary/aromatic N) is 3. The van der Waals surface area contributed by atoms with E-state index >= 15 is 0 Å². The highest BCUT2D eigenvalue weighted by Gasteiger charge is 2.07. The van der Waals surface area contributed by atoms with E-state index in [1.165, 1.54) is 5.56 Å². The highest BCUT2D eigenvalue weighted by molar-refractivity contribution is 7.15. The molecule has 6 heteroatoms. The summed E-state index contributed by atoms with van der Waals surface area (Å²) in [7, 11) is 0. The minimum Gasteiger partial charge on any atom is -0.297 e. The molecule has 5 nitrogen and oxygen atoms in total. The van der Waals surface area contributed by atoms with E-state index in [1.54, 1.807) is 17.6 Å². The highest BCUT2D eigenvalue weighted by atomic mass is 32.1. The fraction of sp³-hybridized carbons (Fsp3) is 0.133. The SMILES string of the molecule is Cc1ccc(/C=N\NC(=O)Cc2cn3ccsc3n2)cc1. The molecule has 0 aliphatic carbocycles. The van der Waals surface area contributed by atoms with Crippen LogP contribution in [0, 0.1) is 6.92 Å². The van der Waals surface area contributed by atoms with Crippen LogP contribution >= 0.6 is 11.3 Å². The monoisotopic (exact) mass is 298 g/mol. The Kier molecular flexibility index (Phi) is 3.79. The zero-order valence-electron chi connectivity index (χ0n) is 11.5. The topological polar surface area (TPSA) is 58.8 Å². The van der Waals surface area contributed by atoms with Crippen molar-refractivity contribution in [1.82, 2.24) is 14.8 Å². The van der Waals surface area contributed by atoms with Crippen LogP contribution in [0.25, 0.3) is 4.96 Å². The molecular weight excluding hydrogens is 284 g/mol. The number of rotatable bonds is 4. The molecule has 0 bridgehead atoms. The summed E-state index contributed by atoms with van der Waals surface area (Å²) in [5, 5.41) is 5.91. The molecule has 0 atom stereocenters. The molecule has 0 aliphatic rings. The maximum absolute atomic E-state index is 11.8. The molecule has 0 spiro atoms. The number of benzene rings is 1. The number of fused-ring (bicyclic) bond motifs is 1. The maximum Gasteiger partial charge on any atom is 0.246 e. The van der Waals surface area contributed by atoms with Crippen LogP contribution in [0.5, 0.6) is 0 Å². The smallest absolute Gasteiger partial charge is 0.246 e. The van der Waals surface area contributed by atoms with Gasteiger partial charge in [0.15, 0.2) is 4.96 Å². The van der Waals surface area contributed by atoms with E-state index in [1.807, 2.05) is 53.4 Å². The zero-order chi connectivity index (χ0) is 14.7. The van der Waals surface area contributed by atoms with Crippen molar-refractivity contribution < 1.29 is 4.79 Å². The lowest BCUT2D eigenvalue weighted by atomic mass is 10.2. The summed E-state index contributed by atoms with van der Waals surface area (Å²) in [6.45, 7) is 2.03. The number of carbonyl (C=O) groups is 1. The number of aromatic nitrogens is 2. The van der Waals surface area contributed by atoms with Gasteiger partial charge in [-0.15, -0.1) is 11.3 Å². The van der Waals surface area contributed by atoms with Gasteiger partial charge >= 0.3 is 0 Å². The Bertz CT molecular complexity index is 757. The highest BCUT2D eigenvalue weighted by Crippen LogP contribution is 2.11. The summed E-state index contributed by atoms with van der Waals surface area (Å²) < 4.78 is 1.91. The van der Waals surface area contributed by atoms with Crippen LogP contribution in [-0.2, 0) is 11.2 Å². The van der Waals surface area contributed by atoms with E-state index in [4.69, 9.17) is 0 Å². The number of carbonyl (C=O) groups excluding carboxylic acids is 1. The van der Waals surface area contributed by atoms with E-state index in [-0.39, 0.29) is 12.3 Å². The van der Waals surface area contributed by atoms with Crippen LogP contribution in [-0.4, -0.2) is 21.5 Å². The Labute approximate surface area is 126 Å². The Morgan fingerprint density at radius 3 is 3.00 bits per heavy atom. The van der Waals surface area contributed by atoms with Gasteiger partial charge in [0.1, 0.15) is 0 Å². The molecule has 0 saturated carbocycles. The molecule has 2 heterocycles. The number of hydrogen-bond donors (Lipinski definition) is 1. The summed E-state index contributed by atoms with van der Waals surface area (Å²) in [6.07, 6.45) is 5.63. The minimum atomic E-state index is -0.177. The molecule has 1 N–H and O–H groups in total. The van der Waals surface area contributed by atoms with Gasteiger partial charge < -0.3 is 0 Å². The van der Waals surface area contributed by atoms with Crippen molar-refractivity contribution in [2.75, 3.05) is 0 Å². The van der Waals surface area contributed by atoms with Crippen LogP contribution < -0.4 is 5.43 Å². The number of imidazole rings is 1. The summed E-state index contributed by atoms with van der Waals surface area (Å²) in [4.78, 5) is 17.0. The van der Waals surface area contributed by atoms with Crippen LogP contribution in [0.2, 0.25) is 0 Å². The molecule has 106 valence electrons. The van der Waals surface area contributed by atoms with Crippen molar-refractivity contribution in [1.29, 1.82) is 0 Å². The standard InChI is InChI=1S/C15H14N4OS/c1-11-2-4-12(5-3-11)9-16-18-14(20)8-13-10-19-6-7-21-15(19)17-13/h2-7,9-10H,8H2,1H3,(H,18,20)/b16-9-. The molecule has 0 saturated heterocycles. The second-order valence-corrected chi connectivity index (χ2v) is 5.58. The largest absolute Gasteiger partial charge is 0.297 e. The number of nitrogens with one attached hydrogen (secondary N) is 1. The summed E-state index contributed by atoms with van der Waals surface area (Å²) in [5.74, 6) is -0.177. The van der Waals surface area contributed by atoms with E-state index in [0.29, 0.717) is 0 Å². The molecule has 0 fully saturated rings. The van der Waals surface area contributed by atoms with Crippen molar-refractivity contribution in [3.05, 3.63) is 58.9 Å². The van der Waals surface area contributed by atoms with Crippen molar-refractivity contribution in [3.8, 4) is 0 Å². The molecule has 3 rings (SSSR count). The van der Waals surface area contributed by atoms with Crippen molar-refractivity contribution in [3.63, 3.8) is 0 Å². The van der Waals surface area contributed by atoms with Crippen LogP contribution in [0.1, 0.15) is 16.8 Å². The Balaban J connectivity index is 1.56. The van der Waals surface area contributed by atoms with Crippen LogP contribution in [0.15, 0.2) is 47.1 Å². The fourth-order valence-electron chi connectivity index (χ4n) is 1.90. The minimum absolute atomic E-state index is 0.177. The molecule has 3 aromatic rings. The molecule has 0 radical (unpaired) electrons. The van der Waals surface area contributed by atoms with Crippen molar-refractivity contribution in [2.45, 2.75) is 13.3 Å². The lowest BCUT2D eigenvalue weighted by Crippen LogP contribution is -2.19. The number of aryl methyl sites for hydroxylation is 1. The molecule has 2 aromatic heterocycles. The van der Waals surface area contributed by atoms with E-state index in [9.17, 15) is 4.79 Å². The van der Waals surface area contributed by atoms with Crippen molar-refractivity contribution in [2.24, 2.45) is 5.10 Å². The fourth-order valence-corrected chi connectivity index (χ4v) is 2.62. The predicted molar refractivity (Wildman–Crippen MR) is 83.7 cm³/mol. The summed E-state index contributed by atoms with van der Waals surface area (Å²) in [5.41, 5.74) is 5.39. The number of thiazole rings is 1. The van der Waals surface area contributed by atoms with Gasteiger partial charge in [-0.25, -0.2) is 10.4 Å². The number of hydrogen-bond acceptors (Lipinski definition) is 4. The predicted octanol–water partition coefficient (Wildman–Crippen LogP) is 2.40. The van der Waals surface area contributed by atoms with Gasteiger partial charge in [0.25, 0.3) is 0 Å². The second kappa shape index (κ2) is 5.88. The Morgan fingerprint density at radius 2 is 2.24 bits per heavy atom. The first-order valence-corrected chi connectivity index (χ1v) is 7.38. The zero-order valence-corrected chi connectivity index (χ0v) is 12.3. The van der Waals surface area contributed by atoms with Crippen molar-refractivity contribution >= 4 is 28.4 Å². The summed E-state index contributed by atoms with van der Waals surface area (Å²) >= 11 is 1.54. The lowest BCUT2D eigenvalue weighted by Gasteiger charge is -1.97. The first-order chi connectivity index (χ1) is 10.2. The third-order valence-electron chi connectivity index (χ3n) is 2.97. The third-order valence-corrected chi connectivity index (χ3v) is 3.74. The molecule has 0 aliphatic heterocycles. The van der Waals surface area contributed by atoms with E-state index in [0.717, 1.165) is 16.2 Å². The van der Waals surface area contributed by atoms with Gasteiger partial charge in [0, 0.05) is 17.8 Å². The Morgan fingerprint density at radius 1 is 1.43 bits per heavy atom. The molecule has 0 unspecified atom stereocenters. The number of hydrazone groups is 1.